The van der Waals surface area contributed by atoms with Gasteiger partial charge in [0.1, 0.15) is 5.69 Å². The molecule has 26 heavy (non-hydrogen) atoms. The zero-order chi connectivity index (χ0) is 19.4. The summed E-state index contributed by atoms with van der Waals surface area (Å²) in [6.07, 6.45) is 1.00. The molecule has 1 aliphatic heterocycles. The van der Waals surface area contributed by atoms with Crippen molar-refractivity contribution >= 4 is 31.4 Å². The molecule has 1 aliphatic rings. The Kier molecular flexibility index (Phi) is 6.52. The predicted molar refractivity (Wildman–Crippen MR) is 94.0 cm³/mol. The summed E-state index contributed by atoms with van der Waals surface area (Å²) in [6.45, 7) is 1.05. The minimum Gasteiger partial charge on any atom is -0.379 e. The number of nitrogens with zero attached hydrogens (tertiary/aromatic N) is 2. The normalized spacial score (nSPS) is 16.3. The van der Waals surface area contributed by atoms with Crippen LogP contribution in [0.2, 0.25) is 0 Å². The van der Waals surface area contributed by atoms with E-state index in [9.17, 15) is 26.9 Å². The molecule has 0 aliphatic carbocycles. The van der Waals surface area contributed by atoms with Crippen LogP contribution in [0.5, 0.6) is 0 Å². The van der Waals surface area contributed by atoms with E-state index in [2.05, 4.69) is 10.0 Å². The van der Waals surface area contributed by atoms with Gasteiger partial charge >= 0.3 is 0 Å². The topological polar surface area (TPSA) is 148 Å². The Balaban J connectivity index is 2.18. The molecule has 0 aromatic heterocycles. The molecule has 2 rings (SSSR count). The summed E-state index contributed by atoms with van der Waals surface area (Å²) in [7, 11) is -7.21. The van der Waals surface area contributed by atoms with E-state index in [1.165, 1.54) is 16.4 Å². The van der Waals surface area contributed by atoms with Crippen molar-refractivity contribution in [2.45, 2.75) is 4.90 Å². The average molecular weight is 408 g/mol. The predicted octanol–water partition coefficient (Wildman–Crippen LogP) is -0.423. The third kappa shape index (κ3) is 5.35. The van der Waals surface area contributed by atoms with E-state index in [4.69, 9.17) is 4.74 Å². The third-order valence-corrected chi connectivity index (χ3v) is 6.20. The number of nitro groups is 1. The summed E-state index contributed by atoms with van der Waals surface area (Å²) in [5, 5.41) is 14.0. The van der Waals surface area contributed by atoms with Crippen LogP contribution in [0.4, 0.5) is 11.4 Å². The van der Waals surface area contributed by atoms with Crippen LogP contribution in [0, 0.1) is 10.1 Å². The van der Waals surface area contributed by atoms with Crippen LogP contribution in [-0.4, -0.2) is 71.7 Å². The maximum absolute atomic E-state index is 12.6. The first-order chi connectivity index (χ1) is 12.1. The summed E-state index contributed by atoms with van der Waals surface area (Å²) in [5.74, 6) is 0. The summed E-state index contributed by atoms with van der Waals surface area (Å²) in [4.78, 5) is 10.4. The van der Waals surface area contributed by atoms with Gasteiger partial charge in [0.15, 0.2) is 0 Å². The number of nitrogens with one attached hydrogen (secondary N) is 2. The molecule has 13 heteroatoms. The minimum absolute atomic E-state index is 0.0316. The van der Waals surface area contributed by atoms with Gasteiger partial charge in [0.05, 0.1) is 29.3 Å². The molecule has 11 nitrogen and oxygen atoms in total. The first-order valence-corrected chi connectivity index (χ1v) is 11.0. The fourth-order valence-electron chi connectivity index (χ4n) is 2.34. The number of ether oxygens (including phenoxy) is 1. The summed E-state index contributed by atoms with van der Waals surface area (Å²) < 4.78 is 55.8. The van der Waals surface area contributed by atoms with Crippen molar-refractivity contribution in [2.24, 2.45) is 0 Å². The molecule has 0 spiro atoms. The van der Waals surface area contributed by atoms with Gasteiger partial charge in [-0.1, -0.05) is 0 Å². The smallest absolute Gasteiger partial charge is 0.293 e. The molecule has 0 atom stereocenters. The van der Waals surface area contributed by atoms with E-state index in [-0.39, 0.29) is 50.0 Å². The number of morpholine rings is 1. The molecular formula is C13H20N4O7S2. The average Bonchev–Trinajstić information content (AvgIpc) is 2.58. The van der Waals surface area contributed by atoms with Gasteiger partial charge in [0, 0.05) is 32.2 Å². The Bertz CT molecular complexity index is 864. The molecule has 0 unspecified atom stereocenters. The van der Waals surface area contributed by atoms with Crippen LogP contribution in [0.15, 0.2) is 23.1 Å². The standard InChI is InChI=1S/C13H20N4O7S2/c1-25(20,21)15-5-4-14-12-3-2-11(10-13(12)17(18)19)26(22,23)16-6-8-24-9-7-16/h2-3,10,14-15H,4-9H2,1H3. The SMILES string of the molecule is CS(=O)(=O)NCCNc1ccc(S(=O)(=O)N2CCOCC2)cc1[N+](=O)[O-]. The fourth-order valence-corrected chi connectivity index (χ4v) is 4.24. The number of hydrogen-bond acceptors (Lipinski definition) is 8. The van der Waals surface area contributed by atoms with Gasteiger partial charge < -0.3 is 10.1 Å². The third-order valence-electron chi connectivity index (χ3n) is 3.58. The van der Waals surface area contributed by atoms with Crippen molar-refractivity contribution in [1.29, 1.82) is 0 Å². The number of sulfonamides is 2. The van der Waals surface area contributed by atoms with Crippen LogP contribution in [-0.2, 0) is 24.8 Å². The second-order valence-electron chi connectivity index (χ2n) is 5.55. The molecule has 1 aromatic rings. The minimum atomic E-state index is -3.85. The molecule has 1 fully saturated rings. The molecule has 1 saturated heterocycles. The zero-order valence-corrected chi connectivity index (χ0v) is 15.7. The van der Waals surface area contributed by atoms with Crippen molar-refractivity contribution in [3.8, 4) is 0 Å². The highest BCUT2D eigenvalue weighted by molar-refractivity contribution is 7.89. The van der Waals surface area contributed by atoms with Gasteiger partial charge in [0.25, 0.3) is 5.69 Å². The number of anilines is 1. The molecule has 1 heterocycles. The Morgan fingerprint density at radius 1 is 1.19 bits per heavy atom. The lowest BCUT2D eigenvalue weighted by Crippen LogP contribution is -2.40. The second-order valence-corrected chi connectivity index (χ2v) is 9.32. The molecule has 0 saturated carbocycles. The van der Waals surface area contributed by atoms with E-state index in [0.717, 1.165) is 12.3 Å². The number of benzene rings is 1. The van der Waals surface area contributed by atoms with Crippen molar-refractivity contribution in [3.63, 3.8) is 0 Å². The quantitative estimate of drug-likeness (QED) is 0.335. The van der Waals surface area contributed by atoms with Gasteiger partial charge in [-0.2, -0.15) is 4.31 Å². The number of nitro benzene ring substituents is 1. The monoisotopic (exact) mass is 408 g/mol. The van der Waals surface area contributed by atoms with Crippen LogP contribution >= 0.6 is 0 Å². The molecule has 0 amide bonds. The van der Waals surface area contributed by atoms with Crippen LogP contribution in [0.25, 0.3) is 0 Å². The lowest BCUT2D eigenvalue weighted by atomic mass is 10.2. The Morgan fingerprint density at radius 2 is 1.85 bits per heavy atom. The van der Waals surface area contributed by atoms with Gasteiger partial charge in [-0.15, -0.1) is 0 Å². The zero-order valence-electron chi connectivity index (χ0n) is 14.0. The van der Waals surface area contributed by atoms with Crippen LogP contribution in [0.1, 0.15) is 0 Å². The molecule has 2 N–H and O–H groups in total. The molecule has 146 valence electrons. The van der Waals surface area contributed by atoms with Crippen molar-refractivity contribution in [3.05, 3.63) is 28.3 Å². The van der Waals surface area contributed by atoms with E-state index >= 15 is 0 Å². The molecular weight excluding hydrogens is 388 g/mol. The largest absolute Gasteiger partial charge is 0.379 e. The van der Waals surface area contributed by atoms with Gasteiger partial charge in [-0.3, -0.25) is 10.1 Å². The number of rotatable bonds is 8. The van der Waals surface area contributed by atoms with Crippen molar-refractivity contribution in [1.82, 2.24) is 9.03 Å². The highest BCUT2D eigenvalue weighted by atomic mass is 32.2. The van der Waals surface area contributed by atoms with E-state index in [0.29, 0.717) is 0 Å². The van der Waals surface area contributed by atoms with Gasteiger partial charge in [-0.05, 0) is 12.1 Å². The Hall–Kier alpha value is -1.80. The summed E-state index contributed by atoms with van der Waals surface area (Å²) in [6, 6.07) is 3.58. The highest BCUT2D eigenvalue weighted by Gasteiger charge is 2.28. The summed E-state index contributed by atoms with van der Waals surface area (Å²) in [5.41, 5.74) is -0.301. The maximum Gasteiger partial charge on any atom is 0.293 e. The summed E-state index contributed by atoms with van der Waals surface area (Å²) >= 11 is 0. The highest BCUT2D eigenvalue weighted by Crippen LogP contribution is 2.29. The van der Waals surface area contributed by atoms with Gasteiger partial charge in [0.2, 0.25) is 20.0 Å². The van der Waals surface area contributed by atoms with E-state index in [1.807, 2.05) is 0 Å². The molecule has 0 bridgehead atoms. The van der Waals surface area contributed by atoms with Crippen LogP contribution < -0.4 is 10.0 Å². The van der Waals surface area contributed by atoms with E-state index < -0.39 is 30.7 Å². The fraction of sp³-hybridized carbons (Fsp3) is 0.538. The first-order valence-electron chi connectivity index (χ1n) is 7.66. The first kappa shape index (κ1) is 20.5. The lowest BCUT2D eigenvalue weighted by molar-refractivity contribution is -0.384. The Labute approximate surface area is 151 Å². The lowest BCUT2D eigenvalue weighted by Gasteiger charge is -2.26. The van der Waals surface area contributed by atoms with Gasteiger partial charge in [-0.25, -0.2) is 21.6 Å². The molecule has 0 radical (unpaired) electrons. The number of hydrogen-bond donors (Lipinski definition) is 2. The van der Waals surface area contributed by atoms with Crippen molar-refractivity contribution in [2.75, 3.05) is 51.0 Å². The maximum atomic E-state index is 12.6. The van der Waals surface area contributed by atoms with Crippen LogP contribution in [0.3, 0.4) is 0 Å². The second kappa shape index (κ2) is 8.26. The van der Waals surface area contributed by atoms with Crippen molar-refractivity contribution < 1.29 is 26.5 Å². The van der Waals surface area contributed by atoms with E-state index in [1.54, 1.807) is 0 Å². The molecule has 1 aromatic carbocycles. The Morgan fingerprint density at radius 3 is 2.42 bits per heavy atom.